The number of carbonyl (C=O) groups is 2. The smallest absolute Gasteiger partial charge is 0.348 e. The van der Waals surface area contributed by atoms with Gasteiger partial charge in [0.2, 0.25) is 0 Å². The van der Waals surface area contributed by atoms with Crippen molar-refractivity contribution in [1.29, 1.82) is 0 Å². The molecule has 1 aromatic heterocycles. The van der Waals surface area contributed by atoms with Crippen LogP contribution in [0.5, 0.6) is 5.75 Å². The predicted molar refractivity (Wildman–Crippen MR) is 104 cm³/mol. The molecule has 0 spiro atoms. The van der Waals surface area contributed by atoms with E-state index in [1.807, 2.05) is 30.3 Å². The molecule has 1 saturated carbocycles. The molecule has 0 unspecified atom stereocenters. The van der Waals surface area contributed by atoms with E-state index in [1.54, 1.807) is 0 Å². The summed E-state index contributed by atoms with van der Waals surface area (Å²) in [7, 11) is 0. The molecule has 27 heavy (non-hydrogen) atoms. The van der Waals surface area contributed by atoms with Gasteiger partial charge in [-0.1, -0.05) is 37.8 Å². The highest BCUT2D eigenvalue weighted by molar-refractivity contribution is 7.17. The normalized spacial score (nSPS) is 16.4. The number of benzene rings is 1. The molecule has 0 bridgehead atoms. The van der Waals surface area contributed by atoms with Crippen molar-refractivity contribution in [3.8, 4) is 16.2 Å². The molecule has 1 aromatic carbocycles. The Balaban J connectivity index is 1.36. The maximum Gasteiger partial charge on any atom is 0.348 e. The molecule has 1 amide bonds. The number of esters is 1. The molecular weight excluding hydrogens is 362 g/mol. The lowest BCUT2D eigenvalue weighted by atomic mass is 10.1. The molecule has 1 N–H and O–H groups in total. The van der Waals surface area contributed by atoms with E-state index in [-0.39, 0.29) is 18.6 Å². The van der Waals surface area contributed by atoms with Gasteiger partial charge >= 0.3 is 5.97 Å². The van der Waals surface area contributed by atoms with Gasteiger partial charge in [-0.2, -0.15) is 0 Å². The Hall–Kier alpha value is -2.34. The van der Waals surface area contributed by atoms with E-state index in [1.165, 1.54) is 24.2 Å². The van der Waals surface area contributed by atoms with Crippen LogP contribution in [0.15, 0.2) is 30.3 Å². The van der Waals surface area contributed by atoms with Crippen LogP contribution in [0.2, 0.25) is 0 Å². The Kier molecular flexibility index (Phi) is 5.43. The van der Waals surface area contributed by atoms with Crippen LogP contribution in [0.1, 0.15) is 53.8 Å². The van der Waals surface area contributed by atoms with Crippen molar-refractivity contribution in [2.45, 2.75) is 51.2 Å². The van der Waals surface area contributed by atoms with Crippen molar-refractivity contribution < 1.29 is 19.1 Å². The van der Waals surface area contributed by atoms with E-state index in [0.29, 0.717) is 11.5 Å². The molecule has 2 aliphatic rings. The fraction of sp³-hybridized carbons (Fsp3) is 0.429. The average Bonchev–Trinajstić information content (AvgIpc) is 2.98. The summed E-state index contributed by atoms with van der Waals surface area (Å²) < 4.78 is 11.0. The van der Waals surface area contributed by atoms with Gasteiger partial charge in [0.1, 0.15) is 17.2 Å². The van der Waals surface area contributed by atoms with Gasteiger partial charge in [0.05, 0.1) is 0 Å². The summed E-state index contributed by atoms with van der Waals surface area (Å²) in [5.41, 5.74) is 1.97. The number of nitrogens with one attached hydrogen (secondary N) is 1. The molecule has 142 valence electrons. The zero-order valence-electron chi connectivity index (χ0n) is 15.2. The minimum atomic E-state index is -0.456. The summed E-state index contributed by atoms with van der Waals surface area (Å²) >= 11 is 1.39. The number of rotatable bonds is 4. The summed E-state index contributed by atoms with van der Waals surface area (Å²) in [6.07, 6.45) is 6.78. The zero-order chi connectivity index (χ0) is 18.6. The maximum absolute atomic E-state index is 12.4. The number of hydrogen-bond acceptors (Lipinski definition) is 5. The molecule has 4 rings (SSSR count). The summed E-state index contributed by atoms with van der Waals surface area (Å²) in [5.74, 6) is 0.155. The van der Waals surface area contributed by atoms with Crippen LogP contribution >= 0.6 is 11.3 Å². The van der Waals surface area contributed by atoms with Crippen LogP contribution in [0, 0.1) is 0 Å². The fourth-order valence-electron chi connectivity index (χ4n) is 3.70. The Morgan fingerprint density at radius 3 is 2.74 bits per heavy atom. The van der Waals surface area contributed by atoms with Gasteiger partial charge in [-0.3, -0.25) is 4.79 Å². The Morgan fingerprint density at radius 1 is 1.15 bits per heavy atom. The molecule has 5 nitrogen and oxygen atoms in total. The topological polar surface area (TPSA) is 64.6 Å². The number of thiophene rings is 1. The molecule has 0 saturated heterocycles. The van der Waals surface area contributed by atoms with Crippen LogP contribution < -0.4 is 10.1 Å². The SMILES string of the molecule is O=C(COC(=O)c1cc2c(s1)-c1ccccc1OC2)NC1CCCCCC1. The van der Waals surface area contributed by atoms with Crippen LogP contribution in [0.4, 0.5) is 0 Å². The van der Waals surface area contributed by atoms with E-state index < -0.39 is 5.97 Å². The van der Waals surface area contributed by atoms with Crippen molar-refractivity contribution in [3.05, 3.63) is 40.8 Å². The van der Waals surface area contributed by atoms with E-state index >= 15 is 0 Å². The third kappa shape index (κ3) is 4.16. The van der Waals surface area contributed by atoms with Crippen molar-refractivity contribution in [2.24, 2.45) is 0 Å². The summed E-state index contributed by atoms with van der Waals surface area (Å²) in [5, 5.41) is 2.99. The second-order valence-corrected chi connectivity index (χ2v) is 8.13. The largest absolute Gasteiger partial charge is 0.488 e. The lowest BCUT2D eigenvalue weighted by molar-refractivity contribution is -0.125. The molecule has 0 atom stereocenters. The first-order chi connectivity index (χ1) is 13.2. The van der Waals surface area contributed by atoms with Crippen molar-refractivity contribution in [1.82, 2.24) is 5.32 Å². The first-order valence-electron chi connectivity index (χ1n) is 9.52. The van der Waals surface area contributed by atoms with Gasteiger partial charge < -0.3 is 14.8 Å². The Labute approximate surface area is 162 Å². The minimum absolute atomic E-state index is 0.210. The quantitative estimate of drug-likeness (QED) is 0.629. The van der Waals surface area contributed by atoms with Gasteiger partial charge in [-0.15, -0.1) is 11.3 Å². The number of fused-ring (bicyclic) bond motifs is 3. The van der Waals surface area contributed by atoms with Gasteiger partial charge in [-0.25, -0.2) is 4.79 Å². The van der Waals surface area contributed by atoms with Crippen molar-refractivity contribution in [2.75, 3.05) is 6.61 Å². The number of ether oxygens (including phenoxy) is 2. The highest BCUT2D eigenvalue weighted by atomic mass is 32.1. The number of amides is 1. The Bertz CT molecular complexity index is 836. The maximum atomic E-state index is 12.4. The van der Waals surface area contributed by atoms with Crippen LogP contribution in [-0.2, 0) is 16.1 Å². The zero-order valence-corrected chi connectivity index (χ0v) is 16.0. The highest BCUT2D eigenvalue weighted by Crippen LogP contribution is 2.42. The van der Waals surface area contributed by atoms with Crippen LogP contribution in [0.25, 0.3) is 10.4 Å². The summed E-state index contributed by atoms with van der Waals surface area (Å²) in [6.45, 7) is 0.212. The Morgan fingerprint density at radius 2 is 1.93 bits per heavy atom. The van der Waals surface area contributed by atoms with Gasteiger partial charge in [-0.05, 0) is 31.0 Å². The molecule has 6 heteroatoms. The van der Waals surface area contributed by atoms with E-state index in [9.17, 15) is 9.59 Å². The number of para-hydroxylation sites is 1. The summed E-state index contributed by atoms with van der Waals surface area (Å²) in [4.78, 5) is 26.0. The average molecular weight is 385 g/mol. The monoisotopic (exact) mass is 385 g/mol. The predicted octanol–water partition coefficient (Wildman–Crippen LogP) is 4.30. The fourth-order valence-corrected chi connectivity index (χ4v) is 4.79. The molecule has 2 heterocycles. The second kappa shape index (κ2) is 8.13. The summed E-state index contributed by atoms with van der Waals surface area (Å²) in [6, 6.07) is 9.81. The third-order valence-corrected chi connectivity index (χ3v) is 6.27. The second-order valence-electron chi connectivity index (χ2n) is 7.08. The molecule has 1 fully saturated rings. The van der Waals surface area contributed by atoms with E-state index in [2.05, 4.69) is 5.32 Å². The molecule has 1 aliphatic carbocycles. The van der Waals surface area contributed by atoms with Crippen LogP contribution in [0.3, 0.4) is 0 Å². The van der Waals surface area contributed by atoms with Crippen molar-refractivity contribution in [3.63, 3.8) is 0 Å². The number of carbonyl (C=O) groups excluding carboxylic acids is 2. The molecule has 2 aromatic rings. The lowest BCUT2D eigenvalue weighted by Gasteiger charge is -2.16. The minimum Gasteiger partial charge on any atom is -0.488 e. The molecular formula is C21H23NO4S. The highest BCUT2D eigenvalue weighted by Gasteiger charge is 2.23. The van der Waals surface area contributed by atoms with E-state index in [0.717, 1.165) is 47.4 Å². The van der Waals surface area contributed by atoms with Gasteiger partial charge in [0.25, 0.3) is 5.91 Å². The van der Waals surface area contributed by atoms with Gasteiger partial charge in [0, 0.05) is 22.0 Å². The van der Waals surface area contributed by atoms with Crippen LogP contribution in [-0.4, -0.2) is 24.5 Å². The first kappa shape index (κ1) is 18.0. The molecule has 1 aliphatic heterocycles. The third-order valence-electron chi connectivity index (χ3n) is 5.08. The lowest BCUT2D eigenvalue weighted by Crippen LogP contribution is -2.37. The van der Waals surface area contributed by atoms with Crippen molar-refractivity contribution >= 4 is 23.2 Å². The van der Waals surface area contributed by atoms with Gasteiger partial charge in [0.15, 0.2) is 6.61 Å². The molecule has 0 radical (unpaired) electrons. The van der Waals surface area contributed by atoms with E-state index in [4.69, 9.17) is 9.47 Å². The standard InChI is InChI=1S/C21H23NO4S/c23-19(22-15-7-3-1-2-4-8-15)13-26-21(24)18-11-14-12-25-17-10-6-5-9-16(17)20(14)27-18/h5-6,9-11,15H,1-4,7-8,12-13H2,(H,22,23). The first-order valence-corrected chi connectivity index (χ1v) is 10.3. The number of hydrogen-bond donors (Lipinski definition) is 1.